The number of amides is 1. The van der Waals surface area contributed by atoms with Crippen LogP contribution in [0.15, 0.2) is 24.3 Å². The lowest BCUT2D eigenvalue weighted by Crippen LogP contribution is -2.41. The Labute approximate surface area is 107 Å². The molecule has 1 amide bonds. The molecule has 1 aromatic rings. The number of hydrogen-bond donors (Lipinski definition) is 2. The number of para-hydroxylation sites is 2. The van der Waals surface area contributed by atoms with Gasteiger partial charge in [0.2, 0.25) is 0 Å². The molecule has 5 nitrogen and oxygen atoms in total. The first-order chi connectivity index (χ1) is 8.29. The fourth-order valence-electron chi connectivity index (χ4n) is 1.50. The van der Waals surface area contributed by atoms with Gasteiger partial charge in [-0.3, -0.25) is 4.79 Å². The Morgan fingerprint density at radius 2 is 2.00 bits per heavy atom. The largest absolute Gasteiger partial charge is 0.504 e. The van der Waals surface area contributed by atoms with E-state index in [2.05, 4.69) is 0 Å². The van der Waals surface area contributed by atoms with Gasteiger partial charge in [0, 0.05) is 13.6 Å². The third kappa shape index (κ3) is 4.63. The van der Waals surface area contributed by atoms with Crippen molar-refractivity contribution < 1.29 is 19.7 Å². The zero-order valence-corrected chi connectivity index (χ0v) is 10.9. The highest BCUT2D eigenvalue weighted by atomic mass is 16.5. The van der Waals surface area contributed by atoms with E-state index in [0.717, 1.165) is 0 Å². The van der Waals surface area contributed by atoms with E-state index in [0.29, 0.717) is 0 Å². The molecule has 18 heavy (non-hydrogen) atoms. The fourth-order valence-corrected chi connectivity index (χ4v) is 1.50. The molecule has 0 spiro atoms. The van der Waals surface area contributed by atoms with E-state index >= 15 is 0 Å². The molecule has 1 aromatic carbocycles. The van der Waals surface area contributed by atoms with E-state index in [1.165, 1.54) is 11.0 Å². The molecule has 2 N–H and O–H groups in total. The van der Waals surface area contributed by atoms with Crippen molar-refractivity contribution in [2.45, 2.75) is 19.4 Å². The van der Waals surface area contributed by atoms with E-state index in [1.54, 1.807) is 39.1 Å². The third-order valence-electron chi connectivity index (χ3n) is 2.27. The molecule has 0 heterocycles. The molecular formula is C13H19NO4. The van der Waals surface area contributed by atoms with Crippen LogP contribution in [0.4, 0.5) is 0 Å². The predicted octanol–water partition coefficient (Wildman–Crippen LogP) is 1.00. The fraction of sp³-hybridized carbons (Fsp3) is 0.462. The minimum Gasteiger partial charge on any atom is -0.504 e. The second-order valence-corrected chi connectivity index (χ2v) is 4.82. The normalized spacial score (nSPS) is 11.1. The molecule has 0 aliphatic heterocycles. The second kappa shape index (κ2) is 5.73. The average molecular weight is 253 g/mol. The molecule has 0 saturated heterocycles. The van der Waals surface area contributed by atoms with Crippen molar-refractivity contribution in [2.24, 2.45) is 0 Å². The third-order valence-corrected chi connectivity index (χ3v) is 2.27. The molecule has 0 aromatic heterocycles. The van der Waals surface area contributed by atoms with Gasteiger partial charge in [-0.1, -0.05) is 12.1 Å². The number of aromatic hydroxyl groups is 1. The van der Waals surface area contributed by atoms with E-state index < -0.39 is 5.60 Å². The number of ether oxygens (including phenoxy) is 1. The van der Waals surface area contributed by atoms with Gasteiger partial charge >= 0.3 is 0 Å². The number of aliphatic hydroxyl groups is 1. The van der Waals surface area contributed by atoms with Crippen LogP contribution in [-0.4, -0.2) is 46.8 Å². The number of benzene rings is 1. The van der Waals surface area contributed by atoms with Crippen molar-refractivity contribution in [1.29, 1.82) is 0 Å². The molecule has 0 aliphatic carbocycles. The highest BCUT2D eigenvalue weighted by molar-refractivity contribution is 5.77. The smallest absolute Gasteiger partial charge is 0.260 e. The lowest BCUT2D eigenvalue weighted by Gasteiger charge is -2.25. The summed E-state index contributed by atoms with van der Waals surface area (Å²) in [5.41, 5.74) is -0.945. The minimum atomic E-state index is -0.945. The summed E-state index contributed by atoms with van der Waals surface area (Å²) in [7, 11) is 1.59. The molecule has 0 fully saturated rings. The van der Waals surface area contributed by atoms with E-state index in [4.69, 9.17) is 4.74 Å². The molecule has 100 valence electrons. The van der Waals surface area contributed by atoms with Crippen molar-refractivity contribution in [2.75, 3.05) is 20.2 Å². The van der Waals surface area contributed by atoms with Crippen LogP contribution in [0.1, 0.15) is 13.8 Å². The zero-order valence-electron chi connectivity index (χ0n) is 10.9. The number of carbonyl (C=O) groups is 1. The number of phenolic OH excluding ortho intramolecular Hbond substituents is 1. The van der Waals surface area contributed by atoms with Gasteiger partial charge in [0.1, 0.15) is 0 Å². The van der Waals surface area contributed by atoms with Crippen molar-refractivity contribution in [1.82, 2.24) is 4.90 Å². The van der Waals surface area contributed by atoms with Gasteiger partial charge in [0.05, 0.1) is 5.60 Å². The first-order valence-corrected chi connectivity index (χ1v) is 5.67. The molecule has 0 unspecified atom stereocenters. The van der Waals surface area contributed by atoms with Crippen LogP contribution >= 0.6 is 0 Å². The lowest BCUT2D eigenvalue weighted by atomic mass is 10.1. The molecular weight excluding hydrogens is 234 g/mol. The Balaban J connectivity index is 2.49. The summed E-state index contributed by atoms with van der Waals surface area (Å²) >= 11 is 0. The summed E-state index contributed by atoms with van der Waals surface area (Å²) in [5, 5.41) is 19.1. The van der Waals surface area contributed by atoms with E-state index in [1.807, 2.05) is 0 Å². The Morgan fingerprint density at radius 3 is 2.56 bits per heavy atom. The number of phenols is 1. The summed E-state index contributed by atoms with van der Waals surface area (Å²) < 4.78 is 5.21. The van der Waals surface area contributed by atoms with Gasteiger partial charge in [0.25, 0.3) is 5.91 Å². The van der Waals surface area contributed by atoms with Crippen molar-refractivity contribution >= 4 is 5.91 Å². The van der Waals surface area contributed by atoms with Crippen LogP contribution in [0.3, 0.4) is 0 Å². The molecule has 0 radical (unpaired) electrons. The number of likely N-dealkylation sites (N-methyl/N-ethyl adjacent to an activating group) is 1. The average Bonchev–Trinajstić information content (AvgIpc) is 2.25. The molecule has 0 bridgehead atoms. The van der Waals surface area contributed by atoms with Crippen LogP contribution in [0.2, 0.25) is 0 Å². The number of nitrogens with zero attached hydrogens (tertiary/aromatic N) is 1. The Bertz CT molecular complexity index is 412. The van der Waals surface area contributed by atoms with Crippen LogP contribution in [-0.2, 0) is 4.79 Å². The second-order valence-electron chi connectivity index (χ2n) is 4.82. The minimum absolute atomic E-state index is 0.00422. The summed E-state index contributed by atoms with van der Waals surface area (Å²) in [6, 6.07) is 6.45. The molecule has 0 aliphatic rings. The Morgan fingerprint density at radius 1 is 1.39 bits per heavy atom. The Hall–Kier alpha value is -1.75. The molecule has 0 atom stereocenters. The maximum atomic E-state index is 11.7. The van der Waals surface area contributed by atoms with Gasteiger partial charge in [0.15, 0.2) is 18.1 Å². The Kier molecular flexibility index (Phi) is 4.55. The highest BCUT2D eigenvalue weighted by Crippen LogP contribution is 2.24. The molecule has 0 saturated carbocycles. The summed E-state index contributed by atoms with van der Waals surface area (Å²) in [5.74, 6) is -0.00155. The van der Waals surface area contributed by atoms with Gasteiger partial charge in [-0.25, -0.2) is 0 Å². The quantitative estimate of drug-likeness (QED) is 0.821. The topological polar surface area (TPSA) is 70.0 Å². The van der Waals surface area contributed by atoms with Crippen LogP contribution < -0.4 is 4.74 Å². The van der Waals surface area contributed by atoms with Crippen molar-refractivity contribution in [3.05, 3.63) is 24.3 Å². The first kappa shape index (κ1) is 14.3. The number of carbonyl (C=O) groups excluding carboxylic acids is 1. The molecule has 5 heteroatoms. The maximum absolute atomic E-state index is 11.7. The number of hydrogen-bond acceptors (Lipinski definition) is 4. The van der Waals surface area contributed by atoms with Gasteiger partial charge in [-0.15, -0.1) is 0 Å². The standard InChI is InChI=1S/C13H19NO4/c1-13(2,17)9-14(3)12(16)8-18-11-7-5-4-6-10(11)15/h4-7,15,17H,8-9H2,1-3H3. The molecule has 1 rings (SSSR count). The first-order valence-electron chi connectivity index (χ1n) is 5.67. The van der Waals surface area contributed by atoms with Crippen LogP contribution in [0.25, 0.3) is 0 Å². The summed E-state index contributed by atoms with van der Waals surface area (Å²) in [4.78, 5) is 13.1. The van der Waals surface area contributed by atoms with Gasteiger partial charge < -0.3 is 19.8 Å². The summed E-state index contributed by atoms with van der Waals surface area (Å²) in [6.07, 6.45) is 0. The lowest BCUT2D eigenvalue weighted by molar-refractivity contribution is -0.134. The maximum Gasteiger partial charge on any atom is 0.260 e. The predicted molar refractivity (Wildman–Crippen MR) is 67.5 cm³/mol. The van der Waals surface area contributed by atoms with Crippen LogP contribution in [0, 0.1) is 0 Å². The van der Waals surface area contributed by atoms with Crippen LogP contribution in [0.5, 0.6) is 11.5 Å². The monoisotopic (exact) mass is 253 g/mol. The van der Waals surface area contributed by atoms with E-state index in [9.17, 15) is 15.0 Å². The number of rotatable bonds is 5. The van der Waals surface area contributed by atoms with Gasteiger partial charge in [-0.05, 0) is 26.0 Å². The SMILES string of the molecule is CN(CC(C)(C)O)C(=O)COc1ccccc1O. The van der Waals surface area contributed by atoms with Crippen molar-refractivity contribution in [3.8, 4) is 11.5 Å². The zero-order chi connectivity index (χ0) is 13.8. The van der Waals surface area contributed by atoms with Gasteiger partial charge in [-0.2, -0.15) is 0 Å². The van der Waals surface area contributed by atoms with E-state index in [-0.39, 0.29) is 30.6 Å². The summed E-state index contributed by atoms with van der Waals surface area (Å²) in [6.45, 7) is 3.29. The van der Waals surface area contributed by atoms with Crippen molar-refractivity contribution in [3.63, 3.8) is 0 Å². The highest BCUT2D eigenvalue weighted by Gasteiger charge is 2.19.